The van der Waals surface area contributed by atoms with Gasteiger partial charge in [-0.25, -0.2) is 0 Å². The Morgan fingerprint density at radius 1 is 1.00 bits per heavy atom. The van der Waals surface area contributed by atoms with Gasteiger partial charge in [0.2, 0.25) is 0 Å². The third-order valence-electron chi connectivity index (χ3n) is 3.71. The Bertz CT molecular complexity index is 155. The second kappa shape index (κ2) is 11.0. The molecule has 2 heteroatoms. The summed E-state index contributed by atoms with van der Waals surface area (Å²) in [5, 5.41) is 3.43. The number of rotatable bonds is 11. The molecule has 1 aliphatic heterocycles. The van der Waals surface area contributed by atoms with E-state index in [9.17, 15) is 0 Å². The topological polar surface area (TPSA) is 21.3 Å². The molecule has 17 heavy (non-hydrogen) atoms. The van der Waals surface area contributed by atoms with E-state index in [1.165, 1.54) is 70.9 Å². The fraction of sp³-hybridized carbons (Fsp3) is 1.00. The maximum absolute atomic E-state index is 5.64. The first kappa shape index (κ1) is 15.0. The Balaban J connectivity index is 1.69. The van der Waals surface area contributed by atoms with E-state index in [1.54, 1.807) is 0 Å². The van der Waals surface area contributed by atoms with Crippen molar-refractivity contribution in [1.29, 1.82) is 0 Å². The van der Waals surface area contributed by atoms with Crippen LogP contribution in [0.25, 0.3) is 0 Å². The van der Waals surface area contributed by atoms with Crippen LogP contribution in [0.3, 0.4) is 0 Å². The van der Waals surface area contributed by atoms with Gasteiger partial charge in [0.1, 0.15) is 0 Å². The summed E-state index contributed by atoms with van der Waals surface area (Å²) in [6.45, 7) is 6.71. The smallest absolute Gasteiger partial charge is 0.0466 e. The molecule has 0 aromatic rings. The van der Waals surface area contributed by atoms with Crippen LogP contribution in [-0.4, -0.2) is 26.3 Å². The first-order chi connectivity index (χ1) is 8.43. The van der Waals surface area contributed by atoms with E-state index < -0.39 is 0 Å². The summed E-state index contributed by atoms with van der Waals surface area (Å²) in [5.74, 6) is 0.963. The third kappa shape index (κ3) is 8.62. The van der Waals surface area contributed by atoms with Gasteiger partial charge in [0.05, 0.1) is 0 Å². The van der Waals surface area contributed by atoms with Crippen molar-refractivity contribution in [3.63, 3.8) is 0 Å². The lowest BCUT2D eigenvalue weighted by atomic mass is 10.0. The quantitative estimate of drug-likeness (QED) is 0.556. The van der Waals surface area contributed by atoms with Crippen molar-refractivity contribution < 1.29 is 4.74 Å². The molecular formula is C15H31NO. The Kier molecular flexibility index (Phi) is 9.72. The standard InChI is InChI=1S/C15H31NO/c1-2-3-4-7-12-17-13-8-5-6-9-15-10-11-16-14-15/h15-16H,2-14H2,1H3. The summed E-state index contributed by atoms with van der Waals surface area (Å²) in [6, 6.07) is 0. The highest BCUT2D eigenvalue weighted by Gasteiger charge is 2.12. The summed E-state index contributed by atoms with van der Waals surface area (Å²) in [5.41, 5.74) is 0. The maximum Gasteiger partial charge on any atom is 0.0466 e. The van der Waals surface area contributed by atoms with E-state index in [1.807, 2.05) is 0 Å². The molecule has 0 spiro atoms. The summed E-state index contributed by atoms with van der Waals surface area (Å²) >= 11 is 0. The number of hydrogen-bond donors (Lipinski definition) is 1. The van der Waals surface area contributed by atoms with Gasteiger partial charge in [0, 0.05) is 13.2 Å². The van der Waals surface area contributed by atoms with Gasteiger partial charge in [-0.15, -0.1) is 0 Å². The second-order valence-electron chi connectivity index (χ2n) is 5.38. The van der Waals surface area contributed by atoms with Crippen LogP contribution in [0.15, 0.2) is 0 Å². The van der Waals surface area contributed by atoms with Crippen molar-refractivity contribution in [2.75, 3.05) is 26.3 Å². The van der Waals surface area contributed by atoms with Gasteiger partial charge >= 0.3 is 0 Å². The zero-order chi connectivity index (χ0) is 12.2. The van der Waals surface area contributed by atoms with Gasteiger partial charge < -0.3 is 10.1 Å². The molecule has 0 aromatic heterocycles. The molecule has 0 aliphatic carbocycles. The van der Waals surface area contributed by atoms with Crippen molar-refractivity contribution in [2.45, 2.75) is 64.7 Å². The summed E-state index contributed by atoms with van der Waals surface area (Å²) < 4.78 is 5.64. The van der Waals surface area contributed by atoms with Crippen LogP contribution >= 0.6 is 0 Å². The van der Waals surface area contributed by atoms with E-state index in [-0.39, 0.29) is 0 Å². The van der Waals surface area contributed by atoms with E-state index in [0.717, 1.165) is 19.1 Å². The van der Waals surface area contributed by atoms with Gasteiger partial charge in [0.15, 0.2) is 0 Å². The normalized spacial score (nSPS) is 19.9. The Hall–Kier alpha value is -0.0800. The fourth-order valence-corrected chi connectivity index (χ4v) is 2.51. The van der Waals surface area contributed by atoms with E-state index in [2.05, 4.69) is 12.2 Å². The molecule has 102 valence electrons. The van der Waals surface area contributed by atoms with E-state index >= 15 is 0 Å². The fourth-order valence-electron chi connectivity index (χ4n) is 2.51. The van der Waals surface area contributed by atoms with Gasteiger partial charge in [0.25, 0.3) is 0 Å². The first-order valence-corrected chi connectivity index (χ1v) is 7.72. The molecule has 2 nitrogen and oxygen atoms in total. The average molecular weight is 241 g/mol. The van der Waals surface area contributed by atoms with Crippen LogP contribution in [-0.2, 0) is 4.74 Å². The Morgan fingerprint density at radius 2 is 1.76 bits per heavy atom. The van der Waals surface area contributed by atoms with Crippen molar-refractivity contribution in [1.82, 2.24) is 5.32 Å². The zero-order valence-corrected chi connectivity index (χ0v) is 11.7. The molecule has 1 unspecified atom stereocenters. The maximum atomic E-state index is 5.64. The van der Waals surface area contributed by atoms with Crippen LogP contribution < -0.4 is 5.32 Å². The van der Waals surface area contributed by atoms with Crippen molar-refractivity contribution in [2.24, 2.45) is 5.92 Å². The minimum Gasteiger partial charge on any atom is -0.381 e. The number of ether oxygens (including phenoxy) is 1. The van der Waals surface area contributed by atoms with Crippen LogP contribution in [0.4, 0.5) is 0 Å². The minimum absolute atomic E-state index is 0.963. The minimum atomic E-state index is 0.963. The van der Waals surface area contributed by atoms with Crippen molar-refractivity contribution in [3.8, 4) is 0 Å². The van der Waals surface area contributed by atoms with Crippen LogP contribution in [0, 0.1) is 5.92 Å². The SMILES string of the molecule is CCCCCCOCCCCCC1CCNC1. The van der Waals surface area contributed by atoms with Crippen molar-refractivity contribution in [3.05, 3.63) is 0 Å². The monoisotopic (exact) mass is 241 g/mol. The third-order valence-corrected chi connectivity index (χ3v) is 3.71. The summed E-state index contributed by atoms with van der Waals surface area (Å²) in [6.07, 6.45) is 12.1. The van der Waals surface area contributed by atoms with Crippen LogP contribution in [0.1, 0.15) is 64.7 Å². The molecule has 1 saturated heterocycles. The molecule has 1 atom stereocenters. The summed E-state index contributed by atoms with van der Waals surface area (Å²) in [7, 11) is 0. The Labute approximate surface area is 108 Å². The largest absolute Gasteiger partial charge is 0.381 e. The molecular weight excluding hydrogens is 210 g/mol. The van der Waals surface area contributed by atoms with E-state index in [0.29, 0.717) is 0 Å². The Morgan fingerprint density at radius 3 is 2.41 bits per heavy atom. The zero-order valence-electron chi connectivity index (χ0n) is 11.7. The van der Waals surface area contributed by atoms with Gasteiger partial charge in [-0.2, -0.15) is 0 Å². The van der Waals surface area contributed by atoms with Gasteiger partial charge in [-0.05, 0) is 44.7 Å². The molecule has 0 aromatic carbocycles. The molecule has 0 radical (unpaired) electrons. The second-order valence-corrected chi connectivity index (χ2v) is 5.38. The lowest BCUT2D eigenvalue weighted by molar-refractivity contribution is 0.125. The summed E-state index contributed by atoms with van der Waals surface area (Å²) in [4.78, 5) is 0. The molecule has 0 bridgehead atoms. The number of hydrogen-bond acceptors (Lipinski definition) is 2. The molecule has 1 rings (SSSR count). The van der Waals surface area contributed by atoms with Crippen LogP contribution in [0.2, 0.25) is 0 Å². The average Bonchev–Trinajstić information content (AvgIpc) is 2.85. The van der Waals surface area contributed by atoms with Crippen LogP contribution in [0.5, 0.6) is 0 Å². The van der Waals surface area contributed by atoms with E-state index in [4.69, 9.17) is 4.74 Å². The first-order valence-electron chi connectivity index (χ1n) is 7.72. The predicted octanol–water partition coefficient (Wildman–Crippen LogP) is 3.75. The molecule has 1 aliphatic rings. The molecule has 1 fully saturated rings. The predicted molar refractivity (Wildman–Crippen MR) is 74.4 cm³/mol. The molecule has 0 amide bonds. The van der Waals surface area contributed by atoms with Gasteiger partial charge in [-0.3, -0.25) is 0 Å². The lowest BCUT2D eigenvalue weighted by Gasteiger charge is -2.07. The number of nitrogens with one attached hydrogen (secondary N) is 1. The highest BCUT2D eigenvalue weighted by Crippen LogP contribution is 2.16. The van der Waals surface area contributed by atoms with Gasteiger partial charge in [-0.1, -0.05) is 39.0 Å². The molecule has 0 saturated carbocycles. The number of unbranched alkanes of at least 4 members (excludes halogenated alkanes) is 5. The highest BCUT2D eigenvalue weighted by atomic mass is 16.5. The van der Waals surface area contributed by atoms with Crippen molar-refractivity contribution >= 4 is 0 Å². The highest BCUT2D eigenvalue weighted by molar-refractivity contribution is 4.70. The molecule has 1 N–H and O–H groups in total. The lowest BCUT2D eigenvalue weighted by Crippen LogP contribution is -2.08. The molecule has 1 heterocycles.